The molecule has 0 bridgehead atoms. The monoisotopic (exact) mass is 339 g/mol. The first-order valence-electron chi connectivity index (χ1n) is 8.42. The van der Waals surface area contributed by atoms with E-state index in [1.54, 1.807) is 29.2 Å². The molecule has 0 N–H and O–H groups in total. The molecular weight excluding hydrogens is 318 g/mol. The maximum absolute atomic E-state index is 12.1. The van der Waals surface area contributed by atoms with Crippen LogP contribution in [0.2, 0.25) is 0 Å². The summed E-state index contributed by atoms with van der Waals surface area (Å²) in [5, 5.41) is 0. The molecule has 2 aromatic rings. The number of aldehydes is 1. The van der Waals surface area contributed by atoms with Crippen molar-refractivity contribution in [2.24, 2.45) is 0 Å². The van der Waals surface area contributed by atoms with Gasteiger partial charge in [-0.15, -0.1) is 0 Å². The number of hydrogen-bond donors (Lipinski definition) is 0. The summed E-state index contributed by atoms with van der Waals surface area (Å²) in [4.78, 5) is 24.5. The van der Waals surface area contributed by atoms with Crippen LogP contribution >= 0.6 is 0 Å². The van der Waals surface area contributed by atoms with Crippen molar-refractivity contribution in [2.45, 2.75) is 25.6 Å². The number of carbonyl (C=O) groups excluding carboxylic acids is 2. The van der Waals surface area contributed by atoms with Gasteiger partial charge in [0.2, 0.25) is 0 Å². The molecule has 1 saturated heterocycles. The number of likely N-dealkylation sites (tertiary alicyclic amines) is 1. The van der Waals surface area contributed by atoms with Crippen LogP contribution in [0.3, 0.4) is 0 Å². The van der Waals surface area contributed by atoms with E-state index < -0.39 is 0 Å². The summed E-state index contributed by atoms with van der Waals surface area (Å²) in [5.74, 6) is 0.746. The van der Waals surface area contributed by atoms with Crippen LogP contribution in [0.4, 0.5) is 4.79 Å². The van der Waals surface area contributed by atoms with Gasteiger partial charge in [-0.2, -0.15) is 0 Å². The number of nitrogens with zero attached hydrogens (tertiary/aromatic N) is 1. The first kappa shape index (κ1) is 17.0. The quantitative estimate of drug-likeness (QED) is 0.780. The summed E-state index contributed by atoms with van der Waals surface area (Å²) in [6, 6.07) is 16.7. The van der Waals surface area contributed by atoms with Gasteiger partial charge in [0, 0.05) is 31.5 Å². The molecule has 2 aromatic carbocycles. The van der Waals surface area contributed by atoms with E-state index in [0.717, 1.165) is 30.4 Å². The van der Waals surface area contributed by atoms with Gasteiger partial charge in [0.25, 0.3) is 0 Å². The molecule has 1 aliphatic rings. The highest BCUT2D eigenvalue weighted by molar-refractivity contribution is 5.74. The third-order valence-corrected chi connectivity index (χ3v) is 4.22. The van der Waals surface area contributed by atoms with E-state index in [-0.39, 0.29) is 12.2 Å². The average Bonchev–Trinajstić information content (AvgIpc) is 2.68. The minimum Gasteiger partial charge on any atom is -0.490 e. The smallest absolute Gasteiger partial charge is 0.410 e. The van der Waals surface area contributed by atoms with E-state index in [4.69, 9.17) is 9.47 Å². The van der Waals surface area contributed by atoms with Crippen LogP contribution < -0.4 is 4.74 Å². The lowest BCUT2D eigenvalue weighted by Crippen LogP contribution is -2.42. The Kier molecular flexibility index (Phi) is 5.67. The molecule has 0 atom stereocenters. The van der Waals surface area contributed by atoms with Gasteiger partial charge in [-0.05, 0) is 29.8 Å². The Morgan fingerprint density at radius 2 is 1.72 bits per heavy atom. The first-order chi connectivity index (χ1) is 12.2. The zero-order valence-electron chi connectivity index (χ0n) is 14.0. The van der Waals surface area contributed by atoms with Crippen molar-refractivity contribution in [2.75, 3.05) is 13.1 Å². The van der Waals surface area contributed by atoms with Gasteiger partial charge in [0.05, 0.1) is 0 Å². The second-order valence-electron chi connectivity index (χ2n) is 6.03. The van der Waals surface area contributed by atoms with Crippen LogP contribution in [0.5, 0.6) is 5.75 Å². The molecule has 1 fully saturated rings. The molecule has 25 heavy (non-hydrogen) atoms. The van der Waals surface area contributed by atoms with E-state index >= 15 is 0 Å². The Labute approximate surface area is 147 Å². The Balaban J connectivity index is 1.43. The van der Waals surface area contributed by atoms with Gasteiger partial charge < -0.3 is 14.4 Å². The van der Waals surface area contributed by atoms with Gasteiger partial charge in [0.15, 0.2) is 0 Å². The molecule has 5 nitrogen and oxygen atoms in total. The van der Waals surface area contributed by atoms with Gasteiger partial charge >= 0.3 is 6.09 Å². The molecule has 0 spiro atoms. The molecule has 0 unspecified atom stereocenters. The summed E-state index contributed by atoms with van der Waals surface area (Å²) in [6.07, 6.45) is 2.12. The third kappa shape index (κ3) is 4.83. The van der Waals surface area contributed by atoms with Crippen LogP contribution in [0.1, 0.15) is 28.8 Å². The van der Waals surface area contributed by atoms with Crippen molar-refractivity contribution in [3.63, 3.8) is 0 Å². The highest BCUT2D eigenvalue weighted by Crippen LogP contribution is 2.20. The van der Waals surface area contributed by atoms with Crippen LogP contribution in [0.15, 0.2) is 54.6 Å². The standard InChI is InChI=1S/C20H21NO4/c22-14-16-6-8-18(9-7-16)25-19-10-12-21(13-11-19)20(23)24-15-17-4-2-1-3-5-17/h1-9,14,19H,10-13,15H2. The first-order valence-corrected chi connectivity index (χ1v) is 8.42. The zero-order chi connectivity index (χ0) is 17.5. The predicted octanol–water partition coefficient (Wildman–Crippen LogP) is 3.68. The molecule has 0 saturated carbocycles. The molecule has 3 rings (SSSR count). The van der Waals surface area contributed by atoms with E-state index in [2.05, 4.69) is 0 Å². The summed E-state index contributed by atoms with van der Waals surface area (Å²) in [7, 11) is 0. The van der Waals surface area contributed by atoms with Gasteiger partial charge in [-0.25, -0.2) is 4.79 Å². The van der Waals surface area contributed by atoms with E-state index in [9.17, 15) is 9.59 Å². The van der Waals surface area contributed by atoms with E-state index in [1.807, 2.05) is 30.3 Å². The van der Waals surface area contributed by atoms with Gasteiger partial charge in [0.1, 0.15) is 24.7 Å². The maximum Gasteiger partial charge on any atom is 0.410 e. The zero-order valence-corrected chi connectivity index (χ0v) is 14.0. The predicted molar refractivity (Wildman–Crippen MR) is 93.7 cm³/mol. The lowest BCUT2D eigenvalue weighted by Gasteiger charge is -2.31. The van der Waals surface area contributed by atoms with Crippen molar-refractivity contribution in [1.82, 2.24) is 4.90 Å². The van der Waals surface area contributed by atoms with Gasteiger partial charge in [-0.3, -0.25) is 4.79 Å². The van der Waals surface area contributed by atoms with E-state index in [0.29, 0.717) is 25.3 Å². The van der Waals surface area contributed by atoms with Crippen molar-refractivity contribution in [3.8, 4) is 5.75 Å². The SMILES string of the molecule is O=Cc1ccc(OC2CCN(C(=O)OCc3ccccc3)CC2)cc1. The Morgan fingerprint density at radius 1 is 1.04 bits per heavy atom. The molecule has 0 radical (unpaired) electrons. The highest BCUT2D eigenvalue weighted by Gasteiger charge is 2.24. The molecule has 130 valence electrons. The summed E-state index contributed by atoms with van der Waals surface area (Å²) >= 11 is 0. The Hall–Kier alpha value is -2.82. The lowest BCUT2D eigenvalue weighted by atomic mass is 10.1. The van der Waals surface area contributed by atoms with E-state index in [1.165, 1.54) is 0 Å². The fourth-order valence-electron chi connectivity index (χ4n) is 2.78. The highest BCUT2D eigenvalue weighted by atomic mass is 16.6. The molecule has 5 heteroatoms. The number of carbonyl (C=O) groups is 2. The van der Waals surface area contributed by atoms with Crippen LogP contribution in [-0.2, 0) is 11.3 Å². The summed E-state index contributed by atoms with van der Waals surface area (Å²) in [6.45, 7) is 1.52. The molecule has 1 amide bonds. The largest absolute Gasteiger partial charge is 0.490 e. The van der Waals surface area contributed by atoms with Crippen molar-refractivity contribution >= 4 is 12.4 Å². The summed E-state index contributed by atoms with van der Waals surface area (Å²) < 4.78 is 11.3. The molecule has 1 heterocycles. The minimum atomic E-state index is -0.280. The number of hydrogen-bond acceptors (Lipinski definition) is 4. The van der Waals surface area contributed by atoms with Crippen LogP contribution in [0, 0.1) is 0 Å². The molecule has 0 aromatic heterocycles. The average molecular weight is 339 g/mol. The van der Waals surface area contributed by atoms with Crippen molar-refractivity contribution in [1.29, 1.82) is 0 Å². The van der Waals surface area contributed by atoms with Crippen LogP contribution in [0.25, 0.3) is 0 Å². The molecule has 1 aliphatic heterocycles. The van der Waals surface area contributed by atoms with Crippen LogP contribution in [-0.4, -0.2) is 36.5 Å². The number of ether oxygens (including phenoxy) is 2. The number of benzene rings is 2. The fourth-order valence-corrected chi connectivity index (χ4v) is 2.78. The summed E-state index contributed by atoms with van der Waals surface area (Å²) in [5.41, 5.74) is 1.61. The lowest BCUT2D eigenvalue weighted by molar-refractivity contribution is 0.0638. The Bertz CT molecular complexity index is 691. The van der Waals surface area contributed by atoms with Gasteiger partial charge in [-0.1, -0.05) is 30.3 Å². The third-order valence-electron chi connectivity index (χ3n) is 4.22. The second kappa shape index (κ2) is 8.33. The number of amides is 1. The van der Waals surface area contributed by atoms with Crippen molar-refractivity contribution in [3.05, 3.63) is 65.7 Å². The fraction of sp³-hybridized carbons (Fsp3) is 0.300. The Morgan fingerprint density at radius 3 is 2.36 bits per heavy atom. The molecule has 0 aliphatic carbocycles. The number of rotatable bonds is 5. The number of piperidine rings is 1. The minimum absolute atomic E-state index is 0.0697. The molecular formula is C20H21NO4. The normalized spacial score (nSPS) is 14.8. The topological polar surface area (TPSA) is 55.8 Å². The van der Waals surface area contributed by atoms with Crippen molar-refractivity contribution < 1.29 is 19.1 Å². The second-order valence-corrected chi connectivity index (χ2v) is 6.03. The maximum atomic E-state index is 12.1.